The van der Waals surface area contributed by atoms with E-state index < -0.39 is 23.6 Å². The summed E-state index contributed by atoms with van der Waals surface area (Å²) in [5, 5.41) is 20.0. The molecule has 0 amide bonds. The van der Waals surface area contributed by atoms with Gasteiger partial charge in [0.05, 0.1) is 17.7 Å². The van der Waals surface area contributed by atoms with Gasteiger partial charge in [0.15, 0.2) is 5.78 Å². The molecule has 27 heavy (non-hydrogen) atoms. The third kappa shape index (κ3) is 4.21. The second-order valence-electron chi connectivity index (χ2n) is 6.26. The summed E-state index contributed by atoms with van der Waals surface area (Å²) in [6, 6.07) is 9.02. The number of ketones is 1. The third-order valence-electron chi connectivity index (χ3n) is 4.50. The van der Waals surface area contributed by atoms with Gasteiger partial charge in [-0.05, 0) is 29.7 Å². The number of aromatic nitrogens is 1. The molecule has 2 unspecified atom stereocenters. The average molecular weight is 385 g/mol. The van der Waals surface area contributed by atoms with E-state index in [9.17, 15) is 14.3 Å². The van der Waals surface area contributed by atoms with E-state index in [-0.39, 0.29) is 11.3 Å². The number of carbonyl (C=O) groups excluding carboxylic acids is 1. The van der Waals surface area contributed by atoms with Crippen molar-refractivity contribution in [2.24, 2.45) is 5.92 Å². The van der Waals surface area contributed by atoms with Crippen LogP contribution in [0.5, 0.6) is 0 Å². The molecule has 0 fully saturated rings. The zero-order valence-electron chi connectivity index (χ0n) is 14.4. The molecule has 138 valence electrons. The van der Waals surface area contributed by atoms with Crippen molar-refractivity contribution >= 4 is 23.1 Å². The molecule has 1 aromatic carbocycles. The fourth-order valence-electron chi connectivity index (χ4n) is 3.03. The van der Waals surface area contributed by atoms with Gasteiger partial charge in [-0.15, -0.1) is 0 Å². The number of Topliss-reactive ketones (excluding diaryl/α,β-unsaturated/α-hetero) is 1. The van der Waals surface area contributed by atoms with Crippen LogP contribution in [0.4, 0.5) is 4.39 Å². The van der Waals surface area contributed by atoms with Gasteiger partial charge in [-0.1, -0.05) is 48.0 Å². The van der Waals surface area contributed by atoms with E-state index in [0.717, 1.165) is 0 Å². The van der Waals surface area contributed by atoms with Crippen LogP contribution in [-0.2, 0) is 4.79 Å². The van der Waals surface area contributed by atoms with Gasteiger partial charge < -0.3 is 10.5 Å². The van der Waals surface area contributed by atoms with Crippen molar-refractivity contribution in [2.45, 2.75) is 18.9 Å². The molecule has 1 aliphatic carbocycles. The number of allylic oxidation sites excluding steroid dienone is 4. The van der Waals surface area contributed by atoms with Gasteiger partial charge in [-0.3, -0.25) is 9.78 Å². The minimum atomic E-state index is -1.32. The van der Waals surface area contributed by atoms with Crippen molar-refractivity contribution in [1.82, 2.24) is 4.98 Å². The predicted molar refractivity (Wildman–Crippen MR) is 102 cm³/mol. The summed E-state index contributed by atoms with van der Waals surface area (Å²) in [4.78, 5) is 17.1. The third-order valence-corrected chi connectivity index (χ3v) is 4.81. The van der Waals surface area contributed by atoms with E-state index in [1.165, 1.54) is 24.4 Å². The molecule has 2 atom stereocenters. The molecular weight excluding hydrogens is 367 g/mol. The zero-order chi connectivity index (χ0) is 19.4. The molecule has 6 heteroatoms. The molecule has 0 saturated carbocycles. The number of hydrogen-bond donors (Lipinski definition) is 2. The maximum Gasteiger partial charge on any atom is 0.170 e. The molecule has 1 aromatic heterocycles. The van der Waals surface area contributed by atoms with E-state index in [2.05, 4.69) is 4.98 Å². The molecule has 0 aliphatic heterocycles. The normalized spacial score (nSPS) is 16.1. The van der Waals surface area contributed by atoms with Crippen LogP contribution in [0, 0.1) is 17.1 Å². The van der Waals surface area contributed by atoms with Gasteiger partial charge in [0.1, 0.15) is 5.82 Å². The van der Waals surface area contributed by atoms with Crippen molar-refractivity contribution in [2.75, 3.05) is 0 Å². The van der Waals surface area contributed by atoms with Gasteiger partial charge in [-0.2, -0.15) is 0 Å². The SMILES string of the molecule is N=C(c1ccccc1F)C(C(=O)C1=CCC(Cl)=CC1)C(O)c1cccnc1. The van der Waals surface area contributed by atoms with Crippen molar-refractivity contribution in [3.05, 3.63) is 88.5 Å². The van der Waals surface area contributed by atoms with Crippen LogP contribution in [-0.4, -0.2) is 21.6 Å². The Kier molecular flexibility index (Phi) is 5.94. The number of nitrogens with one attached hydrogen (secondary N) is 1. The van der Waals surface area contributed by atoms with Crippen LogP contribution in [0.1, 0.15) is 30.1 Å². The number of halogens is 2. The summed E-state index contributed by atoms with van der Waals surface area (Å²) >= 11 is 5.96. The van der Waals surface area contributed by atoms with E-state index in [4.69, 9.17) is 17.0 Å². The summed E-state index contributed by atoms with van der Waals surface area (Å²) < 4.78 is 14.2. The highest BCUT2D eigenvalue weighted by Crippen LogP contribution is 2.31. The smallest absolute Gasteiger partial charge is 0.170 e. The van der Waals surface area contributed by atoms with Crippen molar-refractivity contribution in [1.29, 1.82) is 5.41 Å². The van der Waals surface area contributed by atoms with Crippen LogP contribution in [0.25, 0.3) is 0 Å². The fourth-order valence-corrected chi connectivity index (χ4v) is 3.19. The summed E-state index contributed by atoms with van der Waals surface area (Å²) in [5.74, 6) is -2.28. The average Bonchev–Trinajstić information content (AvgIpc) is 2.69. The first-order valence-corrected chi connectivity index (χ1v) is 8.86. The van der Waals surface area contributed by atoms with Crippen LogP contribution >= 0.6 is 11.6 Å². The summed E-state index contributed by atoms with van der Waals surface area (Å²) in [6.45, 7) is 0. The number of pyridine rings is 1. The molecule has 2 N–H and O–H groups in total. The lowest BCUT2D eigenvalue weighted by atomic mass is 9.81. The molecule has 0 spiro atoms. The second-order valence-corrected chi connectivity index (χ2v) is 6.74. The maximum absolute atomic E-state index is 14.2. The van der Waals surface area contributed by atoms with E-state index in [1.54, 1.807) is 36.5 Å². The first-order valence-electron chi connectivity index (χ1n) is 8.48. The topological polar surface area (TPSA) is 74.0 Å². The van der Waals surface area contributed by atoms with Crippen molar-refractivity contribution in [3.63, 3.8) is 0 Å². The lowest BCUT2D eigenvalue weighted by Crippen LogP contribution is -2.32. The van der Waals surface area contributed by atoms with E-state index in [1.807, 2.05) is 0 Å². The van der Waals surface area contributed by atoms with Gasteiger partial charge in [0, 0.05) is 29.4 Å². The van der Waals surface area contributed by atoms with Crippen molar-refractivity contribution < 1.29 is 14.3 Å². The summed E-state index contributed by atoms with van der Waals surface area (Å²) in [7, 11) is 0. The number of carbonyl (C=O) groups is 1. The second kappa shape index (κ2) is 8.37. The standard InChI is InChI=1S/C21H18ClFN2O2/c22-15-9-7-13(8-10-15)20(26)18(21(27)14-4-3-11-25-12-14)19(24)16-5-1-2-6-17(16)23/h1-7,10-12,18,21,24,27H,8-9H2. The maximum atomic E-state index is 14.2. The van der Waals surface area contributed by atoms with E-state index in [0.29, 0.717) is 29.0 Å². The van der Waals surface area contributed by atoms with Crippen LogP contribution < -0.4 is 0 Å². The highest BCUT2D eigenvalue weighted by Gasteiger charge is 2.35. The molecule has 1 aliphatic rings. The van der Waals surface area contributed by atoms with Crippen molar-refractivity contribution in [3.8, 4) is 0 Å². The monoisotopic (exact) mass is 384 g/mol. The van der Waals surface area contributed by atoms with Gasteiger partial charge >= 0.3 is 0 Å². The van der Waals surface area contributed by atoms with E-state index >= 15 is 0 Å². The molecular formula is C21H18ClFN2O2. The van der Waals surface area contributed by atoms with Crippen LogP contribution in [0.15, 0.2) is 71.5 Å². The molecule has 4 nitrogen and oxygen atoms in total. The Labute approximate surface area is 161 Å². The lowest BCUT2D eigenvalue weighted by Gasteiger charge is -2.25. The highest BCUT2D eigenvalue weighted by molar-refractivity contribution is 6.30. The van der Waals surface area contributed by atoms with Gasteiger partial charge in [0.25, 0.3) is 0 Å². The minimum absolute atomic E-state index is 0.0104. The number of rotatable bonds is 6. The molecule has 2 aromatic rings. The Hall–Kier alpha value is -2.63. The first-order chi connectivity index (χ1) is 13.0. The molecule has 1 heterocycles. The number of aliphatic hydroxyl groups excluding tert-OH is 1. The van der Waals surface area contributed by atoms with Gasteiger partial charge in [-0.25, -0.2) is 4.39 Å². The molecule has 3 rings (SSSR count). The minimum Gasteiger partial charge on any atom is -0.387 e. The lowest BCUT2D eigenvalue weighted by molar-refractivity contribution is -0.120. The fraction of sp³-hybridized carbons (Fsp3) is 0.190. The molecule has 0 radical (unpaired) electrons. The Morgan fingerprint density at radius 3 is 2.59 bits per heavy atom. The first kappa shape index (κ1) is 19.1. The predicted octanol–water partition coefficient (Wildman–Crippen LogP) is 4.35. The number of aliphatic hydroxyl groups is 1. The Bertz CT molecular complexity index is 925. The summed E-state index contributed by atoms with van der Waals surface area (Å²) in [6.07, 6.45) is 5.83. The Morgan fingerprint density at radius 2 is 1.96 bits per heavy atom. The number of benzene rings is 1. The Morgan fingerprint density at radius 1 is 1.19 bits per heavy atom. The number of hydrogen-bond acceptors (Lipinski definition) is 4. The quantitative estimate of drug-likeness (QED) is 0.727. The van der Waals surface area contributed by atoms with Crippen LogP contribution in [0.3, 0.4) is 0 Å². The van der Waals surface area contributed by atoms with Gasteiger partial charge in [0.2, 0.25) is 0 Å². The molecule has 0 bridgehead atoms. The largest absolute Gasteiger partial charge is 0.387 e. The molecule has 0 saturated heterocycles. The highest BCUT2D eigenvalue weighted by atomic mass is 35.5. The zero-order valence-corrected chi connectivity index (χ0v) is 15.2. The Balaban J connectivity index is 2.00. The number of nitrogens with zero attached hydrogens (tertiary/aromatic N) is 1. The van der Waals surface area contributed by atoms with Crippen LogP contribution in [0.2, 0.25) is 0 Å². The summed E-state index contributed by atoms with van der Waals surface area (Å²) in [5.41, 5.74) is 0.565.